The lowest BCUT2D eigenvalue weighted by atomic mass is 10.2. The molecule has 0 amide bonds. The zero-order valence-electron chi connectivity index (χ0n) is 17.1. The van der Waals surface area contributed by atoms with Gasteiger partial charge in [0.15, 0.2) is 0 Å². The highest BCUT2D eigenvalue weighted by molar-refractivity contribution is 5.91. The normalized spacial score (nSPS) is 10.5. The number of esters is 2. The fourth-order valence-electron chi connectivity index (χ4n) is 2.97. The first-order chi connectivity index (χ1) is 15.5. The molecule has 3 aromatic carbocycles. The fraction of sp³-hybridized carbons (Fsp3) is 0.0800. The summed E-state index contributed by atoms with van der Waals surface area (Å²) in [5.74, 6) is -0.363. The number of rotatable bonds is 6. The third kappa shape index (κ3) is 4.52. The summed E-state index contributed by atoms with van der Waals surface area (Å²) in [7, 11) is 0. The van der Waals surface area contributed by atoms with Crippen LogP contribution >= 0.6 is 0 Å². The summed E-state index contributed by atoms with van der Waals surface area (Å²) < 4.78 is 21.4. The topological polar surface area (TPSA) is 92.0 Å². The molecule has 7 nitrogen and oxygen atoms in total. The van der Waals surface area contributed by atoms with Crippen molar-refractivity contribution >= 4 is 22.9 Å². The lowest BCUT2D eigenvalue weighted by molar-refractivity contribution is 0.0526. The molecule has 0 atom stereocenters. The molecule has 0 saturated heterocycles. The van der Waals surface area contributed by atoms with Gasteiger partial charge in [0.2, 0.25) is 11.2 Å². The molecule has 4 aromatic rings. The van der Waals surface area contributed by atoms with Crippen molar-refractivity contribution in [3.8, 4) is 17.2 Å². The molecule has 0 fully saturated rings. The van der Waals surface area contributed by atoms with Crippen LogP contribution in [-0.2, 0) is 4.74 Å². The van der Waals surface area contributed by atoms with Crippen LogP contribution in [0.25, 0.3) is 11.0 Å². The van der Waals surface area contributed by atoms with Crippen LogP contribution in [0.3, 0.4) is 0 Å². The van der Waals surface area contributed by atoms with Gasteiger partial charge in [0, 0.05) is 6.07 Å². The van der Waals surface area contributed by atoms with E-state index in [0.29, 0.717) is 16.9 Å². The highest BCUT2D eigenvalue weighted by atomic mass is 16.5. The average molecular weight is 430 g/mol. The third-order valence-electron chi connectivity index (χ3n) is 4.53. The molecule has 160 valence electrons. The minimum atomic E-state index is -0.515. The molecule has 0 bridgehead atoms. The van der Waals surface area contributed by atoms with E-state index < -0.39 is 11.9 Å². The van der Waals surface area contributed by atoms with E-state index in [1.807, 2.05) is 0 Å². The van der Waals surface area contributed by atoms with Crippen molar-refractivity contribution in [2.75, 3.05) is 6.61 Å². The Morgan fingerprint density at radius 2 is 1.53 bits per heavy atom. The highest BCUT2D eigenvalue weighted by Crippen LogP contribution is 2.25. The number of fused-ring (bicyclic) bond motifs is 1. The second-order valence-electron chi connectivity index (χ2n) is 6.69. The minimum absolute atomic E-state index is 0.0181. The Hall–Kier alpha value is -4.39. The number of carbonyl (C=O) groups excluding carboxylic acids is 2. The predicted octanol–water partition coefficient (Wildman–Crippen LogP) is 4.98. The molecular weight excluding hydrogens is 412 g/mol. The zero-order chi connectivity index (χ0) is 22.5. The van der Waals surface area contributed by atoms with E-state index in [0.717, 1.165) is 0 Å². The summed E-state index contributed by atoms with van der Waals surface area (Å²) >= 11 is 0. The quantitative estimate of drug-likeness (QED) is 0.315. The van der Waals surface area contributed by atoms with E-state index >= 15 is 0 Å². The first-order valence-corrected chi connectivity index (χ1v) is 9.83. The van der Waals surface area contributed by atoms with Crippen LogP contribution in [-0.4, -0.2) is 18.5 Å². The van der Waals surface area contributed by atoms with E-state index in [4.69, 9.17) is 18.6 Å². The number of hydrogen-bond acceptors (Lipinski definition) is 7. The van der Waals surface area contributed by atoms with Crippen molar-refractivity contribution in [1.82, 2.24) is 0 Å². The van der Waals surface area contributed by atoms with Crippen molar-refractivity contribution in [3.05, 3.63) is 100 Å². The van der Waals surface area contributed by atoms with Crippen molar-refractivity contribution < 1.29 is 28.2 Å². The molecular formula is C25H18O7. The minimum Gasteiger partial charge on any atom is -0.462 e. The van der Waals surface area contributed by atoms with E-state index in [1.165, 1.54) is 24.5 Å². The number of hydrogen-bond donors (Lipinski definition) is 0. The van der Waals surface area contributed by atoms with Gasteiger partial charge in [0.25, 0.3) is 0 Å². The van der Waals surface area contributed by atoms with Crippen molar-refractivity contribution in [1.29, 1.82) is 0 Å². The van der Waals surface area contributed by atoms with Crippen LogP contribution in [0.2, 0.25) is 0 Å². The van der Waals surface area contributed by atoms with Gasteiger partial charge in [-0.15, -0.1) is 0 Å². The largest absolute Gasteiger partial charge is 0.462 e. The summed E-state index contributed by atoms with van der Waals surface area (Å²) in [5.41, 5.74) is 0.647. The first kappa shape index (κ1) is 20.9. The van der Waals surface area contributed by atoms with Gasteiger partial charge in [-0.05, 0) is 55.5 Å². The van der Waals surface area contributed by atoms with Crippen LogP contribution in [0.1, 0.15) is 27.6 Å². The van der Waals surface area contributed by atoms with Gasteiger partial charge in [0.05, 0.1) is 23.1 Å². The predicted molar refractivity (Wildman–Crippen MR) is 116 cm³/mol. The van der Waals surface area contributed by atoms with Crippen LogP contribution in [0.5, 0.6) is 17.2 Å². The lowest BCUT2D eigenvalue weighted by Crippen LogP contribution is -2.09. The van der Waals surface area contributed by atoms with Gasteiger partial charge < -0.3 is 18.6 Å². The summed E-state index contributed by atoms with van der Waals surface area (Å²) in [6, 6.07) is 19.3. The maximum atomic E-state index is 12.8. The Morgan fingerprint density at radius 1 is 0.844 bits per heavy atom. The van der Waals surface area contributed by atoms with Gasteiger partial charge in [-0.1, -0.05) is 18.2 Å². The van der Waals surface area contributed by atoms with E-state index in [9.17, 15) is 14.4 Å². The van der Waals surface area contributed by atoms with Crippen molar-refractivity contribution in [2.45, 2.75) is 6.92 Å². The Balaban J connectivity index is 1.53. The molecule has 1 aromatic heterocycles. The van der Waals surface area contributed by atoms with Crippen LogP contribution in [0.4, 0.5) is 0 Å². The number of carbonyl (C=O) groups is 2. The Labute approximate surface area is 182 Å². The number of ether oxygens (including phenoxy) is 3. The molecule has 1 heterocycles. The van der Waals surface area contributed by atoms with Gasteiger partial charge in [0.1, 0.15) is 23.3 Å². The fourth-order valence-corrected chi connectivity index (χ4v) is 2.97. The Kier molecular flexibility index (Phi) is 5.98. The van der Waals surface area contributed by atoms with Gasteiger partial charge >= 0.3 is 11.9 Å². The Bertz CT molecular complexity index is 1320. The summed E-state index contributed by atoms with van der Waals surface area (Å²) in [6.45, 7) is 2.01. The van der Waals surface area contributed by atoms with Crippen LogP contribution in [0, 0.1) is 0 Å². The number of benzene rings is 3. The molecule has 0 spiro atoms. The van der Waals surface area contributed by atoms with Crippen LogP contribution < -0.4 is 14.9 Å². The molecule has 0 aliphatic heterocycles. The molecule has 7 heteroatoms. The monoisotopic (exact) mass is 430 g/mol. The maximum Gasteiger partial charge on any atom is 0.343 e. The molecule has 0 radical (unpaired) electrons. The summed E-state index contributed by atoms with van der Waals surface area (Å²) in [6.07, 6.45) is 1.19. The second kappa shape index (κ2) is 9.18. The van der Waals surface area contributed by atoms with E-state index in [1.54, 1.807) is 61.5 Å². The van der Waals surface area contributed by atoms with E-state index in [-0.39, 0.29) is 34.5 Å². The SMILES string of the molecule is CCOC(=O)c1ccc(Oc2coc3cc(OC(=O)c4ccccc4)ccc3c2=O)cc1. The molecule has 32 heavy (non-hydrogen) atoms. The molecule has 4 rings (SSSR count). The Morgan fingerprint density at radius 3 is 2.25 bits per heavy atom. The standard InChI is InChI=1S/C25H18O7/c1-2-29-24(27)17-8-10-18(11-9-17)31-22-15-30-21-14-19(12-13-20(21)23(22)26)32-25(28)16-6-4-3-5-7-16/h3-15H,2H2,1H3. The van der Waals surface area contributed by atoms with Crippen LogP contribution in [0.15, 0.2) is 88.3 Å². The zero-order valence-corrected chi connectivity index (χ0v) is 17.1. The first-order valence-electron chi connectivity index (χ1n) is 9.83. The van der Waals surface area contributed by atoms with Crippen molar-refractivity contribution in [2.24, 2.45) is 0 Å². The molecule has 0 aliphatic carbocycles. The maximum absolute atomic E-state index is 12.8. The lowest BCUT2D eigenvalue weighted by Gasteiger charge is -2.08. The summed E-state index contributed by atoms with van der Waals surface area (Å²) in [5, 5.41) is 0.269. The summed E-state index contributed by atoms with van der Waals surface area (Å²) in [4.78, 5) is 36.7. The highest BCUT2D eigenvalue weighted by Gasteiger charge is 2.13. The van der Waals surface area contributed by atoms with Gasteiger partial charge in [-0.25, -0.2) is 9.59 Å². The molecule has 0 saturated carbocycles. The van der Waals surface area contributed by atoms with E-state index in [2.05, 4.69) is 0 Å². The third-order valence-corrected chi connectivity index (χ3v) is 4.53. The smallest absolute Gasteiger partial charge is 0.343 e. The average Bonchev–Trinajstić information content (AvgIpc) is 2.82. The second-order valence-corrected chi connectivity index (χ2v) is 6.69. The molecule has 0 unspecified atom stereocenters. The van der Waals surface area contributed by atoms with Gasteiger partial charge in [-0.3, -0.25) is 4.79 Å². The molecule has 0 N–H and O–H groups in total. The van der Waals surface area contributed by atoms with Crippen molar-refractivity contribution in [3.63, 3.8) is 0 Å². The molecule has 0 aliphatic rings. The van der Waals surface area contributed by atoms with Gasteiger partial charge in [-0.2, -0.15) is 0 Å².